The molecule has 3 rings (SSSR count). The van der Waals surface area contributed by atoms with Crippen LogP contribution >= 0.6 is 23.2 Å². The number of halogens is 5. The van der Waals surface area contributed by atoms with Gasteiger partial charge in [-0.15, -0.1) is 0 Å². The number of carboxylic acid groups (broad SMARTS) is 1. The predicted molar refractivity (Wildman–Crippen MR) is 131 cm³/mol. The molecule has 0 aliphatic carbocycles. The zero-order valence-corrected chi connectivity index (χ0v) is 20.6. The SMILES string of the molecule is Cc1cc(Cl)cc(OCCC(=O)O)c1NCC(=O)c1ccc(Cl)c(-c2cnc(C(F)(F)F)cc2C#N)c1. The second-order valence-electron chi connectivity index (χ2n) is 7.78. The monoisotopic (exact) mass is 551 g/mol. The Balaban J connectivity index is 1.86. The topological polar surface area (TPSA) is 112 Å². The number of carbonyl (C=O) groups is 2. The molecular weight excluding hydrogens is 534 g/mol. The Kier molecular flexibility index (Phi) is 8.63. The number of ketones is 1. The van der Waals surface area contributed by atoms with Crippen LogP contribution in [0.2, 0.25) is 10.0 Å². The highest BCUT2D eigenvalue weighted by Gasteiger charge is 2.33. The van der Waals surface area contributed by atoms with E-state index in [2.05, 4.69) is 10.3 Å². The molecule has 1 aromatic heterocycles. The van der Waals surface area contributed by atoms with Crippen molar-refractivity contribution in [2.24, 2.45) is 0 Å². The number of nitriles is 1. The lowest BCUT2D eigenvalue weighted by Gasteiger charge is -2.16. The molecule has 0 atom stereocenters. The zero-order valence-electron chi connectivity index (χ0n) is 19.1. The fourth-order valence-electron chi connectivity index (χ4n) is 3.39. The van der Waals surface area contributed by atoms with Crippen molar-refractivity contribution < 1.29 is 32.6 Å². The molecule has 0 bridgehead atoms. The normalized spacial score (nSPS) is 11.1. The molecule has 192 valence electrons. The number of carboxylic acids is 1. The molecular formula is C25H18Cl2F3N3O4. The number of anilines is 1. The summed E-state index contributed by atoms with van der Waals surface area (Å²) >= 11 is 12.3. The number of aliphatic carboxylic acids is 1. The second-order valence-corrected chi connectivity index (χ2v) is 8.63. The van der Waals surface area contributed by atoms with Gasteiger partial charge in [-0.25, -0.2) is 0 Å². The Hall–Kier alpha value is -3.81. The third kappa shape index (κ3) is 6.90. The van der Waals surface area contributed by atoms with Crippen molar-refractivity contribution >= 4 is 40.6 Å². The van der Waals surface area contributed by atoms with Crippen molar-refractivity contribution in [1.82, 2.24) is 4.98 Å². The first kappa shape index (κ1) is 27.8. The molecule has 0 fully saturated rings. The van der Waals surface area contributed by atoms with Gasteiger partial charge in [0.15, 0.2) is 5.78 Å². The maximum absolute atomic E-state index is 13.0. The Morgan fingerprint density at radius 3 is 2.54 bits per heavy atom. The molecule has 0 radical (unpaired) electrons. The summed E-state index contributed by atoms with van der Waals surface area (Å²) < 4.78 is 44.5. The number of aromatic nitrogens is 1. The average Bonchev–Trinajstić information content (AvgIpc) is 2.82. The van der Waals surface area contributed by atoms with Gasteiger partial charge >= 0.3 is 12.1 Å². The lowest BCUT2D eigenvalue weighted by atomic mass is 9.98. The maximum Gasteiger partial charge on any atom is 0.433 e. The standard InChI is InChI=1S/C25H18Cl2F3N3O4/c1-13-6-16(26)9-21(37-5-4-23(35)36)24(13)33-12-20(34)14-2-3-19(27)17(7-14)18-11-32-22(25(28,29)30)8-15(18)10-31/h2-3,6-9,11,33H,4-5,12H2,1H3,(H,35,36). The van der Waals surface area contributed by atoms with Gasteiger partial charge < -0.3 is 15.2 Å². The van der Waals surface area contributed by atoms with Gasteiger partial charge in [0, 0.05) is 39.0 Å². The van der Waals surface area contributed by atoms with E-state index >= 15 is 0 Å². The highest BCUT2D eigenvalue weighted by molar-refractivity contribution is 6.33. The summed E-state index contributed by atoms with van der Waals surface area (Å²) in [5, 5.41) is 21.7. The van der Waals surface area contributed by atoms with Crippen molar-refractivity contribution in [3.8, 4) is 22.9 Å². The van der Waals surface area contributed by atoms with Crippen LogP contribution in [0.3, 0.4) is 0 Å². The average molecular weight is 552 g/mol. The van der Waals surface area contributed by atoms with Crippen LogP contribution in [0.4, 0.5) is 18.9 Å². The Bertz CT molecular complexity index is 1410. The summed E-state index contributed by atoms with van der Waals surface area (Å²) in [7, 11) is 0. The summed E-state index contributed by atoms with van der Waals surface area (Å²) in [5.41, 5.74) is -0.0352. The number of nitrogens with zero attached hydrogens (tertiary/aromatic N) is 2. The second kappa shape index (κ2) is 11.5. The first-order valence-electron chi connectivity index (χ1n) is 10.6. The minimum Gasteiger partial charge on any atom is -0.491 e. The number of hydrogen-bond acceptors (Lipinski definition) is 6. The molecule has 0 saturated heterocycles. The van der Waals surface area contributed by atoms with Crippen LogP contribution in [0.5, 0.6) is 5.75 Å². The number of carbonyl (C=O) groups excluding carboxylic acids is 1. The van der Waals surface area contributed by atoms with E-state index in [-0.39, 0.29) is 52.6 Å². The van der Waals surface area contributed by atoms with Gasteiger partial charge in [0.2, 0.25) is 0 Å². The highest BCUT2D eigenvalue weighted by atomic mass is 35.5. The number of nitrogens with one attached hydrogen (secondary N) is 1. The van der Waals surface area contributed by atoms with Crippen LogP contribution in [0.15, 0.2) is 42.6 Å². The summed E-state index contributed by atoms with van der Waals surface area (Å²) in [6, 6.07) is 9.68. The van der Waals surface area contributed by atoms with E-state index in [4.69, 9.17) is 33.0 Å². The van der Waals surface area contributed by atoms with Crippen LogP contribution < -0.4 is 10.1 Å². The molecule has 1 heterocycles. The molecule has 37 heavy (non-hydrogen) atoms. The quantitative estimate of drug-likeness (QED) is 0.296. The summed E-state index contributed by atoms with van der Waals surface area (Å²) in [4.78, 5) is 27.1. The lowest BCUT2D eigenvalue weighted by molar-refractivity contribution is -0.141. The smallest absolute Gasteiger partial charge is 0.433 e. The fraction of sp³-hybridized carbons (Fsp3) is 0.200. The largest absolute Gasteiger partial charge is 0.491 e. The minimum atomic E-state index is -4.73. The van der Waals surface area contributed by atoms with Gasteiger partial charge in [-0.3, -0.25) is 14.6 Å². The van der Waals surface area contributed by atoms with Crippen LogP contribution in [-0.2, 0) is 11.0 Å². The van der Waals surface area contributed by atoms with E-state index in [1.165, 1.54) is 24.3 Å². The summed E-state index contributed by atoms with van der Waals surface area (Å²) in [6.45, 7) is 1.40. The number of Topliss-reactive ketones (excluding diaryl/α,β-unsaturated/α-hetero) is 1. The van der Waals surface area contributed by atoms with Crippen LogP contribution in [0, 0.1) is 18.3 Å². The first-order valence-corrected chi connectivity index (χ1v) is 11.4. The zero-order chi connectivity index (χ0) is 27.3. The van der Waals surface area contributed by atoms with Crippen molar-refractivity contribution in [1.29, 1.82) is 5.26 Å². The molecule has 12 heteroatoms. The molecule has 0 spiro atoms. The van der Waals surface area contributed by atoms with Gasteiger partial charge in [0.05, 0.1) is 36.9 Å². The number of alkyl halides is 3. The Morgan fingerprint density at radius 1 is 1.16 bits per heavy atom. The number of aryl methyl sites for hydroxylation is 1. The molecule has 0 aliphatic rings. The van der Waals surface area contributed by atoms with Crippen molar-refractivity contribution in [3.63, 3.8) is 0 Å². The molecule has 2 aromatic carbocycles. The van der Waals surface area contributed by atoms with E-state index in [1.54, 1.807) is 19.1 Å². The van der Waals surface area contributed by atoms with Crippen molar-refractivity contribution in [2.45, 2.75) is 19.5 Å². The maximum atomic E-state index is 13.0. The van der Waals surface area contributed by atoms with E-state index in [0.717, 1.165) is 6.20 Å². The third-order valence-electron chi connectivity index (χ3n) is 5.16. The molecule has 7 nitrogen and oxygen atoms in total. The van der Waals surface area contributed by atoms with E-state index in [1.807, 2.05) is 0 Å². The van der Waals surface area contributed by atoms with Crippen molar-refractivity contribution in [2.75, 3.05) is 18.5 Å². The van der Waals surface area contributed by atoms with E-state index in [9.17, 15) is 28.0 Å². The van der Waals surface area contributed by atoms with Crippen LogP contribution in [0.25, 0.3) is 11.1 Å². The predicted octanol–water partition coefficient (Wildman–Crippen LogP) is 6.40. The number of pyridine rings is 1. The number of rotatable bonds is 9. The Morgan fingerprint density at radius 2 is 1.89 bits per heavy atom. The number of hydrogen-bond donors (Lipinski definition) is 2. The number of benzene rings is 2. The van der Waals surface area contributed by atoms with Gasteiger partial charge in [0.25, 0.3) is 0 Å². The lowest BCUT2D eigenvalue weighted by Crippen LogP contribution is -2.16. The molecule has 0 amide bonds. The molecule has 0 saturated carbocycles. The molecule has 2 N–H and O–H groups in total. The molecule has 0 aliphatic heterocycles. The molecule has 3 aromatic rings. The molecule has 0 unspecified atom stereocenters. The van der Waals surface area contributed by atoms with Crippen LogP contribution in [-0.4, -0.2) is 35.0 Å². The van der Waals surface area contributed by atoms with Crippen molar-refractivity contribution in [3.05, 3.63) is 75.0 Å². The van der Waals surface area contributed by atoms with Gasteiger partial charge in [0.1, 0.15) is 11.4 Å². The van der Waals surface area contributed by atoms with Gasteiger partial charge in [-0.05, 0) is 42.8 Å². The number of ether oxygens (including phenoxy) is 1. The fourth-order valence-corrected chi connectivity index (χ4v) is 3.88. The first-order chi connectivity index (χ1) is 17.4. The van der Waals surface area contributed by atoms with E-state index in [0.29, 0.717) is 22.3 Å². The van der Waals surface area contributed by atoms with Gasteiger partial charge in [-0.2, -0.15) is 18.4 Å². The van der Waals surface area contributed by atoms with E-state index < -0.39 is 23.6 Å². The Labute approximate surface area is 219 Å². The highest BCUT2D eigenvalue weighted by Crippen LogP contribution is 2.35. The summed E-state index contributed by atoms with van der Waals surface area (Å²) in [5.74, 6) is -1.17. The summed E-state index contributed by atoms with van der Waals surface area (Å²) in [6.07, 6.45) is -4.07. The minimum absolute atomic E-state index is 0.0470. The third-order valence-corrected chi connectivity index (χ3v) is 5.70. The van der Waals surface area contributed by atoms with Gasteiger partial charge in [-0.1, -0.05) is 23.2 Å². The van der Waals surface area contributed by atoms with Crippen LogP contribution in [0.1, 0.15) is 33.6 Å².